The number of aryl methyl sites for hydroxylation is 1. The average Bonchev–Trinajstić information content (AvgIpc) is 2.29. The Hall–Kier alpha value is -0.820. The van der Waals surface area contributed by atoms with Crippen LogP contribution in [0, 0.1) is 19.3 Å². The zero-order valence-electron chi connectivity index (χ0n) is 9.46. The highest BCUT2D eigenvalue weighted by atomic mass is 79.9. The van der Waals surface area contributed by atoms with Crippen molar-refractivity contribution in [1.82, 2.24) is 5.43 Å². The Labute approximate surface area is 106 Å². The predicted molar refractivity (Wildman–Crippen MR) is 71.6 cm³/mol. The maximum absolute atomic E-state index is 5.58. The van der Waals surface area contributed by atoms with Crippen LogP contribution < -0.4 is 11.3 Å². The fourth-order valence-corrected chi connectivity index (χ4v) is 2.22. The molecule has 1 aromatic carbocycles. The summed E-state index contributed by atoms with van der Waals surface area (Å²) in [5.41, 5.74) is 5.26. The Bertz CT molecular complexity index is 382. The summed E-state index contributed by atoms with van der Waals surface area (Å²) in [4.78, 5) is 0. The molecule has 0 saturated heterocycles. The first-order chi connectivity index (χ1) is 7.70. The van der Waals surface area contributed by atoms with E-state index in [0.717, 1.165) is 23.7 Å². The van der Waals surface area contributed by atoms with Crippen molar-refractivity contribution >= 4 is 15.9 Å². The van der Waals surface area contributed by atoms with Crippen LogP contribution in [-0.4, -0.2) is 0 Å². The molecule has 0 bridgehead atoms. The van der Waals surface area contributed by atoms with Crippen molar-refractivity contribution in [2.24, 2.45) is 5.84 Å². The summed E-state index contributed by atoms with van der Waals surface area (Å²) in [5.74, 6) is 8.23. The van der Waals surface area contributed by atoms with Crippen LogP contribution in [0.2, 0.25) is 0 Å². The van der Waals surface area contributed by atoms with Crippen molar-refractivity contribution < 1.29 is 0 Å². The molecule has 0 saturated carbocycles. The van der Waals surface area contributed by atoms with Gasteiger partial charge in [-0.15, -0.1) is 12.3 Å². The lowest BCUT2D eigenvalue weighted by Gasteiger charge is -2.18. The van der Waals surface area contributed by atoms with Gasteiger partial charge in [-0.2, -0.15) is 0 Å². The van der Waals surface area contributed by atoms with Gasteiger partial charge in [0.25, 0.3) is 0 Å². The van der Waals surface area contributed by atoms with E-state index in [-0.39, 0.29) is 6.04 Å². The molecule has 86 valence electrons. The second-order valence-corrected chi connectivity index (χ2v) is 4.59. The van der Waals surface area contributed by atoms with E-state index in [1.54, 1.807) is 0 Å². The normalized spacial score (nSPS) is 12.1. The van der Waals surface area contributed by atoms with Gasteiger partial charge in [0.1, 0.15) is 0 Å². The van der Waals surface area contributed by atoms with Gasteiger partial charge in [0.05, 0.1) is 0 Å². The molecule has 1 rings (SSSR count). The van der Waals surface area contributed by atoms with Crippen LogP contribution >= 0.6 is 15.9 Å². The largest absolute Gasteiger partial charge is 0.271 e. The number of rotatable bonds is 5. The smallest absolute Gasteiger partial charge is 0.0471 e. The van der Waals surface area contributed by atoms with Gasteiger partial charge < -0.3 is 0 Å². The van der Waals surface area contributed by atoms with Crippen molar-refractivity contribution in [2.75, 3.05) is 0 Å². The molecule has 0 aliphatic carbocycles. The molecular weight excluding hydrogens is 264 g/mol. The molecule has 0 fully saturated rings. The van der Waals surface area contributed by atoms with Crippen LogP contribution in [0.5, 0.6) is 0 Å². The third-order valence-corrected chi connectivity index (χ3v) is 3.70. The molecule has 16 heavy (non-hydrogen) atoms. The molecule has 0 heterocycles. The molecule has 1 atom stereocenters. The summed E-state index contributed by atoms with van der Waals surface area (Å²) in [5, 5.41) is 0. The summed E-state index contributed by atoms with van der Waals surface area (Å²) in [7, 11) is 0. The number of hydrazine groups is 1. The Morgan fingerprint density at radius 3 is 2.94 bits per heavy atom. The van der Waals surface area contributed by atoms with Gasteiger partial charge in [0.15, 0.2) is 0 Å². The van der Waals surface area contributed by atoms with Crippen LogP contribution in [0.15, 0.2) is 22.7 Å². The summed E-state index contributed by atoms with van der Waals surface area (Å²) in [6.45, 7) is 2.07. The Morgan fingerprint density at radius 1 is 1.56 bits per heavy atom. The van der Waals surface area contributed by atoms with E-state index in [9.17, 15) is 0 Å². The molecule has 3 N–H and O–H groups in total. The van der Waals surface area contributed by atoms with Crippen LogP contribution in [-0.2, 0) is 0 Å². The molecule has 0 spiro atoms. The van der Waals surface area contributed by atoms with Crippen LogP contribution in [0.25, 0.3) is 0 Å². The number of nitrogens with one attached hydrogen (secondary N) is 1. The minimum atomic E-state index is 0.155. The molecular formula is C13H17BrN2. The van der Waals surface area contributed by atoms with Gasteiger partial charge >= 0.3 is 0 Å². The highest BCUT2D eigenvalue weighted by molar-refractivity contribution is 9.10. The van der Waals surface area contributed by atoms with Crippen molar-refractivity contribution in [3.05, 3.63) is 33.8 Å². The average molecular weight is 281 g/mol. The van der Waals surface area contributed by atoms with Gasteiger partial charge in [-0.05, 0) is 30.9 Å². The lowest BCUT2D eigenvalue weighted by atomic mass is 10.00. The molecule has 0 aromatic heterocycles. The first kappa shape index (κ1) is 13.2. The van der Waals surface area contributed by atoms with Gasteiger partial charge in [0, 0.05) is 16.9 Å². The predicted octanol–water partition coefficient (Wildman–Crippen LogP) is 3.07. The summed E-state index contributed by atoms with van der Waals surface area (Å²) >= 11 is 3.59. The third kappa shape index (κ3) is 3.34. The van der Waals surface area contributed by atoms with Gasteiger partial charge in [0.2, 0.25) is 0 Å². The number of nitrogens with two attached hydrogens (primary N) is 1. The van der Waals surface area contributed by atoms with Crippen molar-refractivity contribution in [1.29, 1.82) is 0 Å². The maximum Gasteiger partial charge on any atom is 0.0471 e. The number of terminal acetylenes is 1. The fraction of sp³-hybridized carbons (Fsp3) is 0.385. The van der Waals surface area contributed by atoms with Gasteiger partial charge in [-0.3, -0.25) is 11.3 Å². The van der Waals surface area contributed by atoms with Gasteiger partial charge in [-0.25, -0.2) is 0 Å². The van der Waals surface area contributed by atoms with Crippen molar-refractivity contribution in [3.8, 4) is 12.3 Å². The van der Waals surface area contributed by atoms with Crippen LogP contribution in [0.1, 0.15) is 36.4 Å². The SMILES string of the molecule is C#CCCCC(NN)c1cccc(C)c1Br. The molecule has 0 aliphatic heterocycles. The molecule has 0 amide bonds. The first-order valence-electron chi connectivity index (χ1n) is 5.35. The minimum Gasteiger partial charge on any atom is -0.271 e. The lowest BCUT2D eigenvalue weighted by Crippen LogP contribution is -2.28. The highest BCUT2D eigenvalue weighted by Gasteiger charge is 2.13. The standard InChI is InChI=1S/C13H17BrN2/c1-3-4-5-9-12(16-15)11-8-6-7-10(2)13(11)14/h1,6-8,12,16H,4-5,9,15H2,2H3. The fourth-order valence-electron chi connectivity index (χ4n) is 1.68. The number of hydrogen-bond donors (Lipinski definition) is 2. The van der Waals surface area contributed by atoms with E-state index < -0.39 is 0 Å². The molecule has 2 nitrogen and oxygen atoms in total. The maximum atomic E-state index is 5.58. The zero-order valence-corrected chi connectivity index (χ0v) is 11.0. The van der Waals surface area contributed by atoms with E-state index in [4.69, 9.17) is 12.3 Å². The molecule has 1 unspecified atom stereocenters. The second-order valence-electron chi connectivity index (χ2n) is 3.79. The van der Waals surface area contributed by atoms with E-state index in [0.29, 0.717) is 0 Å². The number of benzene rings is 1. The third-order valence-electron chi connectivity index (χ3n) is 2.61. The van der Waals surface area contributed by atoms with E-state index >= 15 is 0 Å². The topological polar surface area (TPSA) is 38.0 Å². The van der Waals surface area contributed by atoms with E-state index in [2.05, 4.69) is 46.3 Å². The molecule has 3 heteroatoms. The van der Waals surface area contributed by atoms with Crippen LogP contribution in [0.3, 0.4) is 0 Å². The molecule has 1 aromatic rings. The van der Waals surface area contributed by atoms with E-state index in [1.807, 2.05) is 6.07 Å². The van der Waals surface area contributed by atoms with Crippen molar-refractivity contribution in [3.63, 3.8) is 0 Å². The summed E-state index contributed by atoms with van der Waals surface area (Å²) in [6, 6.07) is 6.35. The van der Waals surface area contributed by atoms with E-state index in [1.165, 1.54) is 11.1 Å². The monoisotopic (exact) mass is 280 g/mol. The molecule has 0 aliphatic rings. The number of hydrogen-bond acceptors (Lipinski definition) is 2. The first-order valence-corrected chi connectivity index (χ1v) is 6.14. The number of halogens is 1. The summed E-state index contributed by atoms with van der Waals surface area (Å²) < 4.78 is 1.12. The quantitative estimate of drug-likeness (QED) is 0.377. The highest BCUT2D eigenvalue weighted by Crippen LogP contribution is 2.28. The lowest BCUT2D eigenvalue weighted by molar-refractivity contribution is 0.500. The Kier molecular flexibility index (Phi) is 5.54. The minimum absolute atomic E-state index is 0.155. The Balaban J connectivity index is 2.79. The van der Waals surface area contributed by atoms with Crippen molar-refractivity contribution in [2.45, 2.75) is 32.2 Å². The zero-order chi connectivity index (χ0) is 12.0. The second kappa shape index (κ2) is 6.70. The number of unbranched alkanes of at least 4 members (excludes halogenated alkanes) is 1. The Morgan fingerprint density at radius 2 is 2.31 bits per heavy atom. The van der Waals surface area contributed by atoms with Crippen LogP contribution in [0.4, 0.5) is 0 Å². The molecule has 0 radical (unpaired) electrons. The van der Waals surface area contributed by atoms with Gasteiger partial charge in [-0.1, -0.05) is 34.1 Å². The summed E-state index contributed by atoms with van der Waals surface area (Å²) in [6.07, 6.45) is 7.96.